The molecule has 3 heteroatoms. The summed E-state index contributed by atoms with van der Waals surface area (Å²) >= 11 is 0. The lowest BCUT2D eigenvalue weighted by atomic mass is 10.0. The van der Waals surface area contributed by atoms with Gasteiger partial charge in [-0.05, 0) is 32.7 Å². The molecule has 3 nitrogen and oxygen atoms in total. The second-order valence-electron chi connectivity index (χ2n) is 5.26. The van der Waals surface area contributed by atoms with E-state index in [-0.39, 0.29) is 0 Å². The Morgan fingerprint density at radius 3 is 2.67 bits per heavy atom. The normalized spacial score (nSPS) is 30.2. The molecule has 0 amide bonds. The van der Waals surface area contributed by atoms with E-state index in [2.05, 4.69) is 11.9 Å². The molecule has 1 heterocycles. The van der Waals surface area contributed by atoms with Gasteiger partial charge in [-0.3, -0.25) is 0 Å². The second kappa shape index (κ2) is 4.81. The fraction of sp³-hybridized carbons (Fsp3) is 1.00. The van der Waals surface area contributed by atoms with Crippen LogP contribution >= 0.6 is 0 Å². The van der Waals surface area contributed by atoms with Gasteiger partial charge in [-0.1, -0.05) is 12.8 Å². The van der Waals surface area contributed by atoms with Gasteiger partial charge >= 0.3 is 0 Å². The van der Waals surface area contributed by atoms with Crippen LogP contribution in [-0.2, 0) is 4.74 Å². The predicted molar refractivity (Wildman–Crippen MR) is 59.9 cm³/mol. The molecule has 2 aliphatic rings. The van der Waals surface area contributed by atoms with Crippen molar-refractivity contribution in [2.24, 2.45) is 0 Å². The van der Waals surface area contributed by atoms with Crippen LogP contribution in [0.15, 0.2) is 0 Å². The minimum atomic E-state index is -0.409. The molecule has 1 atom stereocenters. The Balaban J connectivity index is 1.73. The predicted octanol–water partition coefficient (Wildman–Crippen LogP) is 1.40. The summed E-state index contributed by atoms with van der Waals surface area (Å²) in [6.45, 7) is 2.71. The number of ether oxygens (including phenoxy) is 1. The molecule has 1 aliphatic heterocycles. The molecule has 1 saturated heterocycles. The molecule has 2 fully saturated rings. The van der Waals surface area contributed by atoms with E-state index in [9.17, 15) is 5.11 Å². The molecular weight excluding hydrogens is 190 g/mol. The van der Waals surface area contributed by atoms with Gasteiger partial charge in [0, 0.05) is 19.7 Å². The van der Waals surface area contributed by atoms with Crippen molar-refractivity contribution < 1.29 is 9.84 Å². The van der Waals surface area contributed by atoms with E-state index in [4.69, 9.17) is 4.74 Å². The Kier molecular flexibility index (Phi) is 3.65. The van der Waals surface area contributed by atoms with Gasteiger partial charge in [0.05, 0.1) is 11.7 Å². The summed E-state index contributed by atoms with van der Waals surface area (Å²) in [6, 6.07) is 0. The lowest BCUT2D eigenvalue weighted by Gasteiger charge is -2.29. The lowest BCUT2D eigenvalue weighted by molar-refractivity contribution is 0.00105. The van der Waals surface area contributed by atoms with Crippen LogP contribution in [0, 0.1) is 0 Å². The van der Waals surface area contributed by atoms with Crippen molar-refractivity contribution in [2.75, 3.05) is 26.7 Å². The van der Waals surface area contributed by atoms with Crippen LogP contribution in [0.5, 0.6) is 0 Å². The molecule has 1 saturated carbocycles. The highest BCUT2D eigenvalue weighted by Crippen LogP contribution is 2.30. The zero-order chi connectivity index (χ0) is 10.7. The molecule has 0 radical (unpaired) electrons. The molecule has 0 spiro atoms. The van der Waals surface area contributed by atoms with Gasteiger partial charge in [-0.2, -0.15) is 0 Å². The van der Waals surface area contributed by atoms with Gasteiger partial charge in [-0.15, -0.1) is 0 Å². The molecule has 1 aliphatic carbocycles. The Bertz CT molecular complexity index is 196. The minimum Gasteiger partial charge on any atom is -0.389 e. The molecule has 0 aromatic carbocycles. The molecule has 0 aromatic heterocycles. The molecule has 0 aromatic rings. The van der Waals surface area contributed by atoms with Crippen molar-refractivity contribution in [3.63, 3.8) is 0 Å². The van der Waals surface area contributed by atoms with Crippen molar-refractivity contribution in [3.8, 4) is 0 Å². The molecule has 2 rings (SSSR count). The van der Waals surface area contributed by atoms with Crippen LogP contribution in [0.4, 0.5) is 0 Å². The lowest BCUT2D eigenvalue weighted by Crippen LogP contribution is -2.42. The monoisotopic (exact) mass is 213 g/mol. The zero-order valence-electron chi connectivity index (χ0n) is 9.74. The number of aliphatic hydroxyl groups is 1. The second-order valence-corrected chi connectivity index (χ2v) is 5.26. The highest BCUT2D eigenvalue weighted by atomic mass is 16.5. The van der Waals surface area contributed by atoms with Crippen molar-refractivity contribution >= 4 is 0 Å². The number of nitrogens with zero attached hydrogens (tertiary/aromatic N) is 1. The van der Waals surface area contributed by atoms with Crippen LogP contribution in [0.2, 0.25) is 0 Å². The fourth-order valence-corrected chi connectivity index (χ4v) is 2.89. The topological polar surface area (TPSA) is 32.7 Å². The summed E-state index contributed by atoms with van der Waals surface area (Å²) < 4.78 is 5.60. The number of hydrogen-bond acceptors (Lipinski definition) is 3. The van der Waals surface area contributed by atoms with E-state index < -0.39 is 5.60 Å². The maximum absolute atomic E-state index is 10.3. The van der Waals surface area contributed by atoms with Gasteiger partial charge in [0.25, 0.3) is 0 Å². The molecule has 1 unspecified atom stereocenters. The van der Waals surface area contributed by atoms with Crippen molar-refractivity contribution in [2.45, 2.75) is 50.2 Å². The van der Waals surface area contributed by atoms with E-state index in [1.807, 2.05) is 0 Å². The van der Waals surface area contributed by atoms with Gasteiger partial charge in [0.2, 0.25) is 0 Å². The first-order valence-electron chi connectivity index (χ1n) is 6.20. The van der Waals surface area contributed by atoms with E-state index in [0.29, 0.717) is 6.10 Å². The number of rotatable bonds is 4. The van der Waals surface area contributed by atoms with Crippen molar-refractivity contribution in [3.05, 3.63) is 0 Å². The maximum Gasteiger partial charge on any atom is 0.0774 e. The van der Waals surface area contributed by atoms with Gasteiger partial charge in [0.15, 0.2) is 0 Å². The molecule has 0 bridgehead atoms. The van der Waals surface area contributed by atoms with Crippen LogP contribution < -0.4 is 0 Å². The standard InChI is InChI=1S/C12H23NO2/c1-13(9-11-5-4-8-15-11)10-12(14)6-2-3-7-12/h11,14H,2-10H2,1H3. The molecule has 88 valence electrons. The van der Waals surface area contributed by atoms with E-state index in [0.717, 1.165) is 32.5 Å². The fourth-order valence-electron chi connectivity index (χ4n) is 2.89. The van der Waals surface area contributed by atoms with Crippen LogP contribution in [0.25, 0.3) is 0 Å². The molecular formula is C12H23NO2. The Labute approximate surface area is 92.4 Å². The van der Waals surface area contributed by atoms with Gasteiger partial charge in [-0.25, -0.2) is 0 Å². The zero-order valence-corrected chi connectivity index (χ0v) is 9.74. The van der Waals surface area contributed by atoms with Crippen LogP contribution in [0.3, 0.4) is 0 Å². The van der Waals surface area contributed by atoms with E-state index >= 15 is 0 Å². The average molecular weight is 213 g/mol. The van der Waals surface area contributed by atoms with E-state index in [1.165, 1.54) is 25.7 Å². The van der Waals surface area contributed by atoms with Gasteiger partial charge < -0.3 is 14.7 Å². The average Bonchev–Trinajstić information content (AvgIpc) is 2.76. The highest BCUT2D eigenvalue weighted by Gasteiger charge is 2.32. The first-order valence-corrected chi connectivity index (χ1v) is 6.20. The smallest absolute Gasteiger partial charge is 0.0774 e. The molecule has 1 N–H and O–H groups in total. The van der Waals surface area contributed by atoms with Crippen molar-refractivity contribution in [1.29, 1.82) is 0 Å². The molecule has 15 heavy (non-hydrogen) atoms. The Morgan fingerprint density at radius 1 is 1.33 bits per heavy atom. The van der Waals surface area contributed by atoms with Crippen LogP contribution in [-0.4, -0.2) is 48.5 Å². The summed E-state index contributed by atoms with van der Waals surface area (Å²) in [5.74, 6) is 0. The number of hydrogen-bond donors (Lipinski definition) is 1. The summed E-state index contributed by atoms with van der Waals surface area (Å²) in [5.41, 5.74) is -0.409. The summed E-state index contributed by atoms with van der Waals surface area (Å²) in [6.07, 6.45) is 7.10. The largest absolute Gasteiger partial charge is 0.389 e. The summed E-state index contributed by atoms with van der Waals surface area (Å²) in [7, 11) is 2.10. The minimum absolute atomic E-state index is 0.403. The quantitative estimate of drug-likeness (QED) is 0.766. The third-order valence-corrected chi connectivity index (χ3v) is 3.64. The van der Waals surface area contributed by atoms with Crippen molar-refractivity contribution in [1.82, 2.24) is 4.90 Å². The third kappa shape index (κ3) is 3.16. The Hall–Kier alpha value is -0.120. The third-order valence-electron chi connectivity index (χ3n) is 3.64. The first kappa shape index (κ1) is 11.4. The SMILES string of the molecule is CN(CC1CCCO1)CC1(O)CCCC1. The summed E-state index contributed by atoms with van der Waals surface area (Å²) in [4.78, 5) is 2.24. The van der Waals surface area contributed by atoms with Crippen LogP contribution in [0.1, 0.15) is 38.5 Å². The maximum atomic E-state index is 10.3. The summed E-state index contributed by atoms with van der Waals surface area (Å²) in [5, 5.41) is 10.3. The number of likely N-dealkylation sites (N-methyl/N-ethyl adjacent to an activating group) is 1. The van der Waals surface area contributed by atoms with E-state index in [1.54, 1.807) is 0 Å². The van der Waals surface area contributed by atoms with Gasteiger partial charge in [0.1, 0.15) is 0 Å². The highest BCUT2D eigenvalue weighted by molar-refractivity contribution is 4.87. The Morgan fingerprint density at radius 2 is 2.07 bits per heavy atom. The first-order chi connectivity index (χ1) is 7.18.